The van der Waals surface area contributed by atoms with E-state index in [1.807, 2.05) is 46.0 Å². The molecule has 1 fully saturated rings. The predicted molar refractivity (Wildman–Crippen MR) is 138 cm³/mol. The van der Waals surface area contributed by atoms with Gasteiger partial charge < -0.3 is 20.7 Å². The third kappa shape index (κ3) is 6.83. The number of ether oxygens (including phenoxy) is 1. The zero-order valence-electron chi connectivity index (χ0n) is 21.8. The molecule has 8 nitrogen and oxygen atoms in total. The summed E-state index contributed by atoms with van der Waals surface area (Å²) in [6.45, 7) is 13.7. The van der Waals surface area contributed by atoms with E-state index in [-0.39, 0.29) is 6.54 Å². The number of aliphatic hydroxyl groups excluding tert-OH is 1. The van der Waals surface area contributed by atoms with Gasteiger partial charge in [0.25, 0.3) is 5.91 Å². The average molecular weight is 509 g/mol. The predicted octanol–water partition coefficient (Wildman–Crippen LogP) is 3.77. The molecule has 1 spiro atoms. The lowest BCUT2D eigenvalue weighted by Gasteiger charge is -2.39. The summed E-state index contributed by atoms with van der Waals surface area (Å²) in [6.07, 6.45) is 3.50. The van der Waals surface area contributed by atoms with Crippen molar-refractivity contribution in [3.05, 3.63) is 52.3 Å². The van der Waals surface area contributed by atoms with Crippen LogP contribution >= 0.6 is 11.6 Å². The second-order valence-corrected chi connectivity index (χ2v) is 9.58. The topological polar surface area (TPSA) is 114 Å². The second kappa shape index (κ2) is 12.3. The van der Waals surface area contributed by atoms with Gasteiger partial charge in [0.15, 0.2) is 6.10 Å². The van der Waals surface area contributed by atoms with Crippen LogP contribution in [0.1, 0.15) is 77.2 Å². The van der Waals surface area contributed by atoms with Crippen LogP contribution in [0.25, 0.3) is 0 Å². The Hall–Kier alpha value is -1.97. The van der Waals surface area contributed by atoms with Gasteiger partial charge in [-0.1, -0.05) is 45.4 Å². The Kier molecular flexibility index (Phi) is 10.3. The van der Waals surface area contributed by atoms with Gasteiger partial charge in [-0.3, -0.25) is 14.4 Å². The summed E-state index contributed by atoms with van der Waals surface area (Å²) in [6, 6.07) is 5.50. The largest absolute Gasteiger partial charge is 0.388 e. The van der Waals surface area contributed by atoms with Crippen molar-refractivity contribution in [2.75, 3.05) is 13.1 Å². The normalized spacial score (nSPS) is 19.7. The van der Waals surface area contributed by atoms with E-state index in [1.54, 1.807) is 30.8 Å². The van der Waals surface area contributed by atoms with Crippen LogP contribution in [0.3, 0.4) is 0 Å². The van der Waals surface area contributed by atoms with Crippen molar-refractivity contribution >= 4 is 17.5 Å². The van der Waals surface area contributed by atoms with Gasteiger partial charge in [-0.15, -0.1) is 0 Å². The summed E-state index contributed by atoms with van der Waals surface area (Å²) < 4.78 is 7.88. The molecule has 35 heavy (non-hydrogen) atoms. The standard InChI is InChI=1S/C22H29ClN4O4.2C2H6/c1-21(2,30)18(28)13-27-12-14(10-25-27)11-26-7-5-22(6-8-26)17-9-15(23)3-4-16(17)19(31-22)20(24)29;2*1-2/h3-4,9-10,12,18-19,28,30H,5-8,11,13H2,1-2H3,(H2,24,29);2*1-2H3. The number of primary amides is 1. The van der Waals surface area contributed by atoms with E-state index in [9.17, 15) is 15.0 Å². The number of halogens is 1. The van der Waals surface area contributed by atoms with Crippen molar-refractivity contribution in [2.24, 2.45) is 5.73 Å². The van der Waals surface area contributed by atoms with Gasteiger partial charge in [0.2, 0.25) is 0 Å². The van der Waals surface area contributed by atoms with Crippen molar-refractivity contribution in [3.63, 3.8) is 0 Å². The van der Waals surface area contributed by atoms with Crippen molar-refractivity contribution in [1.29, 1.82) is 0 Å². The molecule has 196 valence electrons. The van der Waals surface area contributed by atoms with Crippen LogP contribution < -0.4 is 5.73 Å². The summed E-state index contributed by atoms with van der Waals surface area (Å²) >= 11 is 6.23. The molecule has 2 atom stereocenters. The molecule has 1 amide bonds. The van der Waals surface area contributed by atoms with Crippen molar-refractivity contribution in [3.8, 4) is 0 Å². The number of rotatable bonds is 6. The lowest BCUT2D eigenvalue weighted by atomic mass is 9.83. The minimum atomic E-state index is -1.18. The Morgan fingerprint density at radius 2 is 1.91 bits per heavy atom. The number of carbonyl (C=O) groups excluding carboxylic acids is 1. The first-order valence-electron chi connectivity index (χ1n) is 12.5. The van der Waals surface area contributed by atoms with E-state index in [0.29, 0.717) is 5.02 Å². The number of hydrogen-bond donors (Lipinski definition) is 3. The maximum absolute atomic E-state index is 11.9. The number of benzene rings is 1. The van der Waals surface area contributed by atoms with E-state index in [1.165, 1.54) is 0 Å². The number of hydrogen-bond acceptors (Lipinski definition) is 6. The van der Waals surface area contributed by atoms with E-state index in [4.69, 9.17) is 22.1 Å². The highest BCUT2D eigenvalue weighted by atomic mass is 35.5. The van der Waals surface area contributed by atoms with E-state index < -0.39 is 29.3 Å². The van der Waals surface area contributed by atoms with Gasteiger partial charge in [0, 0.05) is 36.4 Å². The Morgan fingerprint density at radius 1 is 1.29 bits per heavy atom. The second-order valence-electron chi connectivity index (χ2n) is 9.14. The number of carbonyl (C=O) groups is 1. The number of likely N-dealkylation sites (tertiary alicyclic amines) is 1. The number of nitrogens with zero attached hydrogens (tertiary/aromatic N) is 3. The molecule has 0 bridgehead atoms. The Bertz CT molecular complexity index is 965. The highest BCUT2D eigenvalue weighted by Crippen LogP contribution is 2.50. The molecule has 4 rings (SSSR count). The lowest BCUT2D eigenvalue weighted by Crippen LogP contribution is -2.42. The molecule has 1 saturated heterocycles. The number of amides is 1. The van der Waals surface area contributed by atoms with Gasteiger partial charge >= 0.3 is 0 Å². The maximum atomic E-state index is 11.9. The van der Waals surface area contributed by atoms with Crippen LogP contribution in [-0.2, 0) is 28.2 Å². The van der Waals surface area contributed by atoms with Crippen molar-refractivity contribution in [2.45, 2.75) is 90.9 Å². The van der Waals surface area contributed by atoms with E-state index in [2.05, 4.69) is 10.00 Å². The lowest BCUT2D eigenvalue weighted by molar-refractivity contribution is -0.148. The zero-order chi connectivity index (χ0) is 26.4. The SMILES string of the molecule is CC.CC.CC(C)(O)C(O)Cn1cc(CN2CCC3(CC2)OC(C(N)=O)c2ccc(Cl)cc23)cn1. The van der Waals surface area contributed by atoms with Crippen LogP contribution in [0.2, 0.25) is 5.02 Å². The number of aliphatic hydroxyl groups is 2. The molecule has 9 heteroatoms. The van der Waals surface area contributed by atoms with Gasteiger partial charge in [0.1, 0.15) is 6.10 Å². The van der Waals surface area contributed by atoms with Crippen LogP contribution in [0, 0.1) is 0 Å². The first-order valence-corrected chi connectivity index (χ1v) is 12.9. The monoisotopic (exact) mass is 508 g/mol. The minimum Gasteiger partial charge on any atom is -0.388 e. The Balaban J connectivity index is 0.00000103. The minimum absolute atomic E-state index is 0.229. The third-order valence-corrected chi connectivity index (χ3v) is 6.56. The molecule has 2 aliphatic heterocycles. The van der Waals surface area contributed by atoms with Crippen LogP contribution in [0.15, 0.2) is 30.6 Å². The zero-order valence-corrected chi connectivity index (χ0v) is 22.5. The summed E-state index contributed by atoms with van der Waals surface area (Å²) in [5.41, 5.74) is 6.67. The molecule has 3 heterocycles. The number of nitrogens with two attached hydrogens (primary N) is 1. The summed E-state index contributed by atoms with van der Waals surface area (Å²) in [5, 5.41) is 24.9. The first-order chi connectivity index (χ1) is 16.6. The molecule has 0 aliphatic carbocycles. The molecule has 2 unspecified atom stereocenters. The summed E-state index contributed by atoms with van der Waals surface area (Å²) in [7, 11) is 0. The van der Waals surface area contributed by atoms with Crippen molar-refractivity contribution < 1.29 is 19.7 Å². The molecular weight excluding hydrogens is 468 g/mol. The van der Waals surface area contributed by atoms with Crippen LogP contribution in [0.5, 0.6) is 0 Å². The first kappa shape index (κ1) is 29.3. The van der Waals surface area contributed by atoms with E-state index in [0.717, 1.165) is 49.2 Å². The molecule has 1 aromatic carbocycles. The molecule has 2 aliphatic rings. The maximum Gasteiger partial charge on any atom is 0.251 e. The highest BCUT2D eigenvalue weighted by Gasteiger charge is 2.48. The molecular formula is C26H41ClN4O4. The van der Waals surface area contributed by atoms with Gasteiger partial charge in [0.05, 0.1) is 23.9 Å². The summed E-state index contributed by atoms with van der Waals surface area (Å²) in [4.78, 5) is 14.2. The average Bonchev–Trinajstić information content (AvgIpc) is 3.40. The smallest absolute Gasteiger partial charge is 0.251 e. The van der Waals surface area contributed by atoms with Gasteiger partial charge in [-0.05, 0) is 49.9 Å². The van der Waals surface area contributed by atoms with E-state index >= 15 is 0 Å². The van der Waals surface area contributed by atoms with Crippen LogP contribution in [-0.4, -0.2) is 55.6 Å². The quantitative estimate of drug-likeness (QED) is 0.547. The fraction of sp³-hybridized carbons (Fsp3) is 0.615. The Morgan fingerprint density at radius 3 is 2.49 bits per heavy atom. The summed E-state index contributed by atoms with van der Waals surface area (Å²) in [5.74, 6) is -0.483. The number of piperidine rings is 1. The fourth-order valence-electron chi connectivity index (χ4n) is 4.42. The van der Waals surface area contributed by atoms with Gasteiger partial charge in [-0.25, -0.2) is 0 Å². The third-order valence-electron chi connectivity index (χ3n) is 6.32. The highest BCUT2D eigenvalue weighted by molar-refractivity contribution is 6.30. The molecule has 2 aromatic rings. The fourth-order valence-corrected chi connectivity index (χ4v) is 4.59. The molecule has 0 radical (unpaired) electrons. The molecule has 1 aromatic heterocycles. The molecule has 0 saturated carbocycles. The van der Waals surface area contributed by atoms with Crippen LogP contribution in [0.4, 0.5) is 0 Å². The molecule has 4 N–H and O–H groups in total. The number of fused-ring (bicyclic) bond motifs is 2. The number of aromatic nitrogens is 2. The van der Waals surface area contributed by atoms with Gasteiger partial charge in [-0.2, -0.15) is 5.10 Å². The Labute approximate surface area is 214 Å². The van der Waals surface area contributed by atoms with Crippen molar-refractivity contribution in [1.82, 2.24) is 14.7 Å².